The molecule has 0 aromatic carbocycles. The van der Waals surface area contributed by atoms with Crippen LogP contribution in [0, 0.1) is 5.92 Å². The van der Waals surface area contributed by atoms with Gasteiger partial charge in [-0.1, -0.05) is 27.2 Å². The SMILES string of the molecule is CC(C)C.O=S1CCCCC1. The van der Waals surface area contributed by atoms with Crippen LogP contribution in [0.1, 0.15) is 40.0 Å². The molecule has 11 heavy (non-hydrogen) atoms. The van der Waals surface area contributed by atoms with E-state index in [1.165, 1.54) is 19.3 Å². The first kappa shape index (κ1) is 11.2. The van der Waals surface area contributed by atoms with Gasteiger partial charge >= 0.3 is 0 Å². The zero-order valence-electron chi connectivity index (χ0n) is 7.93. The molecule has 1 aliphatic rings. The zero-order chi connectivity index (χ0) is 8.69. The molecule has 0 bridgehead atoms. The third-order valence-corrected chi connectivity index (χ3v) is 2.73. The van der Waals surface area contributed by atoms with Crippen molar-refractivity contribution in [3.63, 3.8) is 0 Å². The van der Waals surface area contributed by atoms with Crippen LogP contribution in [0.2, 0.25) is 0 Å². The Hall–Kier alpha value is 0.150. The summed E-state index contributed by atoms with van der Waals surface area (Å²) in [5.41, 5.74) is 0. The second-order valence-corrected chi connectivity index (χ2v) is 5.34. The van der Waals surface area contributed by atoms with Gasteiger partial charge in [-0.25, -0.2) is 0 Å². The Kier molecular flexibility index (Phi) is 6.93. The topological polar surface area (TPSA) is 17.1 Å². The summed E-state index contributed by atoms with van der Waals surface area (Å²) in [4.78, 5) is 0. The van der Waals surface area contributed by atoms with Crippen molar-refractivity contribution in [3.8, 4) is 0 Å². The van der Waals surface area contributed by atoms with Gasteiger partial charge in [0.2, 0.25) is 0 Å². The predicted octanol–water partition coefficient (Wildman–Crippen LogP) is 2.58. The van der Waals surface area contributed by atoms with Crippen molar-refractivity contribution in [3.05, 3.63) is 0 Å². The van der Waals surface area contributed by atoms with Crippen molar-refractivity contribution >= 4 is 10.8 Å². The molecule has 1 nitrogen and oxygen atoms in total. The summed E-state index contributed by atoms with van der Waals surface area (Å²) in [6.45, 7) is 6.50. The Balaban J connectivity index is 0.000000218. The van der Waals surface area contributed by atoms with Gasteiger partial charge < -0.3 is 0 Å². The van der Waals surface area contributed by atoms with Gasteiger partial charge in [0.05, 0.1) is 0 Å². The minimum atomic E-state index is -0.440. The average Bonchev–Trinajstić information content (AvgIpc) is 1.87. The Bertz CT molecular complexity index is 99.4. The highest BCUT2D eigenvalue weighted by Crippen LogP contribution is 2.05. The third kappa shape index (κ3) is 10.2. The van der Waals surface area contributed by atoms with E-state index in [9.17, 15) is 4.21 Å². The predicted molar refractivity (Wildman–Crippen MR) is 52.2 cm³/mol. The van der Waals surface area contributed by atoms with Crippen LogP contribution in [0.25, 0.3) is 0 Å². The fourth-order valence-corrected chi connectivity index (χ4v) is 2.06. The van der Waals surface area contributed by atoms with Crippen molar-refractivity contribution < 1.29 is 4.21 Å². The molecule has 1 fully saturated rings. The quantitative estimate of drug-likeness (QED) is 0.554. The molecule has 1 aliphatic heterocycles. The molecule has 0 saturated carbocycles. The normalized spacial score (nSPS) is 19.3. The lowest BCUT2D eigenvalue weighted by Crippen LogP contribution is -2.08. The Morgan fingerprint density at radius 2 is 1.36 bits per heavy atom. The maximum absolute atomic E-state index is 10.6. The van der Waals surface area contributed by atoms with Crippen LogP contribution in [0.3, 0.4) is 0 Å². The van der Waals surface area contributed by atoms with Crippen LogP contribution in [0.5, 0.6) is 0 Å². The van der Waals surface area contributed by atoms with Crippen molar-refractivity contribution in [2.24, 2.45) is 5.92 Å². The Labute approximate surface area is 73.0 Å². The molecule has 0 aromatic rings. The highest BCUT2D eigenvalue weighted by atomic mass is 32.2. The molecule has 0 amide bonds. The van der Waals surface area contributed by atoms with E-state index in [0.29, 0.717) is 0 Å². The van der Waals surface area contributed by atoms with Gasteiger partial charge in [-0.15, -0.1) is 0 Å². The van der Waals surface area contributed by atoms with Gasteiger partial charge in [0.1, 0.15) is 0 Å². The van der Waals surface area contributed by atoms with Gasteiger partial charge in [0, 0.05) is 22.3 Å². The van der Waals surface area contributed by atoms with Crippen LogP contribution in [-0.2, 0) is 10.8 Å². The summed E-state index contributed by atoms with van der Waals surface area (Å²) in [6.07, 6.45) is 3.67. The van der Waals surface area contributed by atoms with E-state index in [2.05, 4.69) is 20.8 Å². The number of hydrogen-bond donors (Lipinski definition) is 0. The van der Waals surface area contributed by atoms with E-state index in [0.717, 1.165) is 17.4 Å². The maximum atomic E-state index is 10.6. The summed E-state index contributed by atoms with van der Waals surface area (Å²) < 4.78 is 10.6. The van der Waals surface area contributed by atoms with E-state index in [4.69, 9.17) is 0 Å². The van der Waals surface area contributed by atoms with Gasteiger partial charge in [0.15, 0.2) is 0 Å². The largest absolute Gasteiger partial charge is 0.260 e. The lowest BCUT2D eigenvalue weighted by molar-refractivity contribution is 0.658. The van der Waals surface area contributed by atoms with E-state index in [-0.39, 0.29) is 0 Å². The van der Waals surface area contributed by atoms with Crippen molar-refractivity contribution in [2.45, 2.75) is 40.0 Å². The number of hydrogen-bond acceptors (Lipinski definition) is 1. The molecule has 0 unspecified atom stereocenters. The molecule has 68 valence electrons. The van der Waals surface area contributed by atoms with Gasteiger partial charge in [-0.2, -0.15) is 0 Å². The monoisotopic (exact) mass is 176 g/mol. The van der Waals surface area contributed by atoms with Crippen LogP contribution in [-0.4, -0.2) is 15.7 Å². The van der Waals surface area contributed by atoms with Crippen LogP contribution >= 0.6 is 0 Å². The second-order valence-electron chi connectivity index (χ2n) is 3.64. The molecule has 0 spiro atoms. The molecule has 0 aliphatic carbocycles. The first-order valence-corrected chi connectivity index (χ1v) is 5.96. The van der Waals surface area contributed by atoms with Gasteiger partial charge in [0.25, 0.3) is 0 Å². The molecule has 1 heterocycles. The standard InChI is InChI=1S/C5H10OS.C4H10/c6-7-4-2-1-3-5-7;1-4(2)3/h1-5H2;4H,1-3H3. The first-order valence-electron chi connectivity index (χ1n) is 4.48. The smallest absolute Gasteiger partial charge is 0.0234 e. The van der Waals surface area contributed by atoms with Gasteiger partial charge in [-0.3, -0.25) is 4.21 Å². The van der Waals surface area contributed by atoms with E-state index < -0.39 is 10.8 Å². The van der Waals surface area contributed by atoms with Crippen LogP contribution < -0.4 is 0 Å². The summed E-state index contributed by atoms with van der Waals surface area (Å²) in [5.74, 6) is 2.75. The molecule has 0 radical (unpaired) electrons. The highest BCUT2D eigenvalue weighted by molar-refractivity contribution is 7.85. The highest BCUT2D eigenvalue weighted by Gasteiger charge is 2.04. The number of rotatable bonds is 0. The minimum absolute atomic E-state index is 0.440. The summed E-state index contributed by atoms with van der Waals surface area (Å²) in [6, 6.07) is 0. The molecule has 0 aromatic heterocycles. The molecular weight excluding hydrogens is 156 g/mol. The van der Waals surface area contributed by atoms with Crippen LogP contribution in [0.15, 0.2) is 0 Å². The molecule has 0 atom stereocenters. The van der Waals surface area contributed by atoms with Crippen LogP contribution in [0.4, 0.5) is 0 Å². The molecule has 0 N–H and O–H groups in total. The molecule has 1 rings (SSSR count). The summed E-state index contributed by atoms with van der Waals surface area (Å²) in [7, 11) is -0.440. The average molecular weight is 176 g/mol. The lowest BCUT2D eigenvalue weighted by atomic mass is 10.3. The van der Waals surface area contributed by atoms with E-state index in [1.807, 2.05) is 0 Å². The fourth-order valence-electron chi connectivity index (χ4n) is 0.805. The molecule has 1 saturated heterocycles. The lowest BCUT2D eigenvalue weighted by Gasteiger charge is -2.06. The van der Waals surface area contributed by atoms with Crippen molar-refractivity contribution in [1.29, 1.82) is 0 Å². The van der Waals surface area contributed by atoms with Crippen molar-refractivity contribution in [2.75, 3.05) is 11.5 Å². The second kappa shape index (κ2) is 6.84. The summed E-state index contributed by atoms with van der Waals surface area (Å²) in [5, 5.41) is 0. The summed E-state index contributed by atoms with van der Waals surface area (Å²) >= 11 is 0. The Morgan fingerprint density at radius 3 is 1.55 bits per heavy atom. The minimum Gasteiger partial charge on any atom is -0.260 e. The third-order valence-electron chi connectivity index (χ3n) is 1.24. The maximum Gasteiger partial charge on any atom is 0.0234 e. The van der Waals surface area contributed by atoms with Gasteiger partial charge in [-0.05, 0) is 18.8 Å². The zero-order valence-corrected chi connectivity index (χ0v) is 8.75. The van der Waals surface area contributed by atoms with E-state index in [1.54, 1.807) is 0 Å². The molecule has 2 heteroatoms. The first-order chi connectivity index (χ1) is 5.13. The van der Waals surface area contributed by atoms with E-state index >= 15 is 0 Å². The molecular formula is C9H20OS. The fraction of sp³-hybridized carbons (Fsp3) is 1.00. The van der Waals surface area contributed by atoms with Crippen molar-refractivity contribution in [1.82, 2.24) is 0 Å². The Morgan fingerprint density at radius 1 is 1.00 bits per heavy atom.